The summed E-state index contributed by atoms with van der Waals surface area (Å²) < 4.78 is 2.83. The van der Waals surface area contributed by atoms with Crippen LogP contribution in [-0.2, 0) is 0 Å². The minimum Gasteiger partial charge on any atom is -0.329 e. The van der Waals surface area contributed by atoms with E-state index in [4.69, 9.17) is 12.2 Å². The quantitative estimate of drug-likeness (QED) is 0.561. The van der Waals surface area contributed by atoms with Crippen molar-refractivity contribution in [2.75, 3.05) is 0 Å². The number of para-hydroxylation sites is 1. The molecule has 4 aromatic rings. The Balaban J connectivity index is 2.10. The lowest BCUT2D eigenvalue weighted by molar-refractivity contribution is 0.646. The summed E-state index contributed by atoms with van der Waals surface area (Å²) in [5.41, 5.74) is 3.02. The van der Waals surface area contributed by atoms with Gasteiger partial charge in [0.1, 0.15) is 5.01 Å². The smallest absolute Gasteiger partial charge is 0.178 e. The summed E-state index contributed by atoms with van der Waals surface area (Å²) in [5, 5.41) is 4.14. The number of pyridine rings is 1. The number of nitrogens with one attached hydrogen (secondary N) is 1. The lowest BCUT2D eigenvalue weighted by atomic mass is 10.2. The molecule has 21 heavy (non-hydrogen) atoms. The number of fused-ring (bicyclic) bond motifs is 3. The molecule has 6 heteroatoms. The molecule has 0 saturated carbocycles. The number of hydrogen-bond acceptors (Lipinski definition) is 4. The highest BCUT2D eigenvalue weighted by atomic mass is 32.1. The Morgan fingerprint density at radius 2 is 2.14 bits per heavy atom. The van der Waals surface area contributed by atoms with Crippen LogP contribution in [0.25, 0.3) is 21.9 Å². The van der Waals surface area contributed by atoms with Crippen LogP contribution in [0.15, 0.2) is 42.0 Å². The van der Waals surface area contributed by atoms with E-state index < -0.39 is 0 Å². The Bertz CT molecular complexity index is 982. The van der Waals surface area contributed by atoms with Crippen molar-refractivity contribution in [1.82, 2.24) is 19.5 Å². The van der Waals surface area contributed by atoms with Crippen LogP contribution >= 0.6 is 23.6 Å². The topological polar surface area (TPSA) is 46.5 Å². The zero-order valence-corrected chi connectivity index (χ0v) is 12.9. The van der Waals surface area contributed by atoms with Crippen LogP contribution in [0.4, 0.5) is 0 Å². The highest BCUT2D eigenvalue weighted by Gasteiger charge is 2.17. The summed E-state index contributed by atoms with van der Waals surface area (Å²) in [6.07, 6.45) is 3.67. The van der Waals surface area contributed by atoms with Crippen LogP contribution < -0.4 is 0 Å². The highest BCUT2D eigenvalue weighted by molar-refractivity contribution is 7.71. The molecule has 0 spiro atoms. The first kappa shape index (κ1) is 12.7. The van der Waals surface area contributed by atoms with Crippen molar-refractivity contribution in [1.29, 1.82) is 0 Å². The Kier molecular flexibility index (Phi) is 2.87. The summed E-state index contributed by atoms with van der Waals surface area (Å²) >= 11 is 7.17. The number of imidazole rings is 1. The predicted octanol–water partition coefficient (Wildman–Crippen LogP) is 4.31. The monoisotopic (exact) mass is 312 g/mol. The lowest BCUT2D eigenvalue weighted by Gasteiger charge is -2.12. The minimum atomic E-state index is 0.0945. The van der Waals surface area contributed by atoms with Crippen LogP contribution in [0.2, 0.25) is 0 Å². The Morgan fingerprint density at radius 1 is 1.29 bits per heavy atom. The maximum Gasteiger partial charge on any atom is 0.178 e. The maximum absolute atomic E-state index is 5.52. The number of nitrogens with zero attached hydrogens (tertiary/aromatic N) is 3. The number of benzene rings is 1. The zero-order valence-electron chi connectivity index (χ0n) is 11.3. The maximum atomic E-state index is 5.52. The molecule has 4 rings (SSSR count). The summed E-state index contributed by atoms with van der Waals surface area (Å²) in [6, 6.07) is 8.22. The first-order valence-electron chi connectivity index (χ1n) is 6.63. The van der Waals surface area contributed by atoms with E-state index in [2.05, 4.69) is 32.5 Å². The number of aromatic nitrogens is 4. The third-order valence-electron chi connectivity index (χ3n) is 3.64. The standard InChI is InChI=1S/C15H12N4S2/c1-9(14-16-6-7-21-14)19-13-10-4-2-3-5-11(10)17-8-12(13)18-15(19)20/h2-9H,1H3,(H,18,20). The minimum absolute atomic E-state index is 0.0945. The van der Waals surface area contributed by atoms with Gasteiger partial charge in [0.05, 0.1) is 28.8 Å². The van der Waals surface area contributed by atoms with Crippen LogP contribution in [0.3, 0.4) is 0 Å². The Morgan fingerprint density at radius 3 is 2.95 bits per heavy atom. The van der Waals surface area contributed by atoms with Gasteiger partial charge < -0.3 is 9.55 Å². The van der Waals surface area contributed by atoms with Gasteiger partial charge in [0.25, 0.3) is 0 Å². The molecular formula is C15H12N4S2. The van der Waals surface area contributed by atoms with Crippen LogP contribution in [0, 0.1) is 4.77 Å². The fourth-order valence-electron chi connectivity index (χ4n) is 2.68. The van der Waals surface area contributed by atoms with Crippen molar-refractivity contribution in [2.24, 2.45) is 0 Å². The molecule has 0 radical (unpaired) electrons. The van der Waals surface area contributed by atoms with Gasteiger partial charge in [-0.15, -0.1) is 11.3 Å². The molecule has 0 aliphatic carbocycles. The van der Waals surface area contributed by atoms with E-state index >= 15 is 0 Å². The molecule has 1 aromatic carbocycles. The zero-order chi connectivity index (χ0) is 14.4. The van der Waals surface area contributed by atoms with E-state index in [9.17, 15) is 0 Å². The molecule has 0 fully saturated rings. The van der Waals surface area contributed by atoms with Crippen molar-refractivity contribution in [3.05, 3.63) is 51.8 Å². The van der Waals surface area contributed by atoms with Gasteiger partial charge in [0.15, 0.2) is 4.77 Å². The van der Waals surface area contributed by atoms with Gasteiger partial charge in [-0.2, -0.15) is 0 Å². The fraction of sp³-hybridized carbons (Fsp3) is 0.133. The highest BCUT2D eigenvalue weighted by Crippen LogP contribution is 2.29. The van der Waals surface area contributed by atoms with Gasteiger partial charge in [-0.1, -0.05) is 18.2 Å². The molecule has 0 aliphatic rings. The van der Waals surface area contributed by atoms with Crippen molar-refractivity contribution in [3.63, 3.8) is 0 Å². The predicted molar refractivity (Wildman–Crippen MR) is 88.4 cm³/mol. The number of aromatic amines is 1. The number of thiazole rings is 1. The van der Waals surface area contributed by atoms with Gasteiger partial charge in [-0.3, -0.25) is 4.98 Å². The molecule has 1 N–H and O–H groups in total. The Labute approximate surface area is 130 Å². The van der Waals surface area contributed by atoms with E-state index in [0.717, 1.165) is 26.9 Å². The van der Waals surface area contributed by atoms with Gasteiger partial charge in [-0.05, 0) is 25.2 Å². The normalized spacial score (nSPS) is 13.0. The molecule has 1 atom stereocenters. The van der Waals surface area contributed by atoms with Crippen LogP contribution in [-0.4, -0.2) is 19.5 Å². The molecule has 4 nitrogen and oxygen atoms in total. The van der Waals surface area contributed by atoms with Crippen LogP contribution in [0.5, 0.6) is 0 Å². The molecule has 0 bridgehead atoms. The van der Waals surface area contributed by atoms with E-state index in [1.54, 1.807) is 11.3 Å². The molecule has 3 heterocycles. The van der Waals surface area contributed by atoms with Gasteiger partial charge in [0.2, 0.25) is 0 Å². The third kappa shape index (κ3) is 1.91. The van der Waals surface area contributed by atoms with Crippen molar-refractivity contribution in [3.8, 4) is 0 Å². The largest absolute Gasteiger partial charge is 0.329 e. The molecule has 1 unspecified atom stereocenters. The van der Waals surface area contributed by atoms with E-state index in [0.29, 0.717) is 4.77 Å². The molecule has 0 aliphatic heterocycles. The molecule has 0 amide bonds. The number of rotatable bonds is 2. The third-order valence-corrected chi connectivity index (χ3v) is 4.89. The average molecular weight is 312 g/mol. The average Bonchev–Trinajstić information content (AvgIpc) is 3.13. The molecule has 104 valence electrons. The fourth-order valence-corrected chi connectivity index (χ4v) is 3.72. The summed E-state index contributed by atoms with van der Waals surface area (Å²) in [7, 11) is 0. The van der Waals surface area contributed by atoms with E-state index in [1.165, 1.54) is 0 Å². The summed E-state index contributed by atoms with van der Waals surface area (Å²) in [6.45, 7) is 2.12. The number of hydrogen-bond donors (Lipinski definition) is 1. The Hall–Kier alpha value is -2.05. The van der Waals surface area contributed by atoms with E-state index in [1.807, 2.05) is 36.0 Å². The number of H-pyrrole nitrogens is 1. The van der Waals surface area contributed by atoms with Gasteiger partial charge >= 0.3 is 0 Å². The lowest BCUT2D eigenvalue weighted by Crippen LogP contribution is -2.06. The second kappa shape index (κ2) is 4.75. The van der Waals surface area contributed by atoms with Crippen molar-refractivity contribution < 1.29 is 0 Å². The second-order valence-corrected chi connectivity index (χ2v) is 6.20. The van der Waals surface area contributed by atoms with Gasteiger partial charge in [0, 0.05) is 17.0 Å². The van der Waals surface area contributed by atoms with Crippen LogP contribution in [0.1, 0.15) is 18.0 Å². The summed E-state index contributed by atoms with van der Waals surface area (Å²) in [4.78, 5) is 12.2. The van der Waals surface area contributed by atoms with Crippen molar-refractivity contribution >= 4 is 45.5 Å². The first-order valence-corrected chi connectivity index (χ1v) is 7.92. The molecule has 0 saturated heterocycles. The second-order valence-electron chi connectivity index (χ2n) is 4.88. The molecular weight excluding hydrogens is 300 g/mol. The van der Waals surface area contributed by atoms with Crippen molar-refractivity contribution in [2.45, 2.75) is 13.0 Å². The summed E-state index contributed by atoms with van der Waals surface area (Å²) in [5.74, 6) is 0. The molecule has 3 aromatic heterocycles. The van der Waals surface area contributed by atoms with E-state index in [-0.39, 0.29) is 6.04 Å². The van der Waals surface area contributed by atoms with Gasteiger partial charge in [-0.25, -0.2) is 4.98 Å². The first-order chi connectivity index (χ1) is 10.3. The SMILES string of the molecule is CC(c1nccs1)n1c(=S)[nH]c2cnc3ccccc3c21.